The average molecular weight is 299 g/mol. The van der Waals surface area contributed by atoms with Crippen LogP contribution in [0.25, 0.3) is 0 Å². The summed E-state index contributed by atoms with van der Waals surface area (Å²) in [6, 6.07) is 4.68. The van der Waals surface area contributed by atoms with Gasteiger partial charge >= 0.3 is 0 Å². The zero-order valence-electron chi connectivity index (χ0n) is 9.72. The Morgan fingerprint density at radius 2 is 1.82 bits per heavy atom. The van der Waals surface area contributed by atoms with E-state index < -0.39 is 5.82 Å². The number of carbonyl (C=O) groups excluding carboxylic acids is 1. The minimum Gasteiger partial charge on any atom is -0.294 e. The number of carbonyl (C=O) groups is 1. The molecule has 0 bridgehead atoms. The van der Waals surface area contributed by atoms with Crippen molar-refractivity contribution < 1.29 is 9.18 Å². The van der Waals surface area contributed by atoms with Gasteiger partial charge in [0.25, 0.3) is 0 Å². The molecule has 2 rings (SSSR count). The Balaban J connectivity index is 2.17. The highest BCUT2D eigenvalue weighted by Crippen LogP contribution is 2.27. The van der Waals surface area contributed by atoms with Gasteiger partial charge in [-0.1, -0.05) is 41.6 Å². The third-order valence-corrected chi connectivity index (χ3v) is 3.92. The van der Waals surface area contributed by atoms with Gasteiger partial charge in [-0.05, 0) is 31.0 Å². The van der Waals surface area contributed by atoms with Gasteiger partial charge in [0.05, 0.1) is 5.56 Å². The number of hydrogen-bond donors (Lipinski definition) is 0. The largest absolute Gasteiger partial charge is 0.294 e. The van der Waals surface area contributed by atoms with Crippen molar-refractivity contribution >= 4 is 21.7 Å². The van der Waals surface area contributed by atoms with E-state index in [1.807, 2.05) is 0 Å². The molecule has 0 atom stereocenters. The first kappa shape index (κ1) is 12.7. The third kappa shape index (κ3) is 3.15. The van der Waals surface area contributed by atoms with Gasteiger partial charge in [0.1, 0.15) is 5.82 Å². The molecule has 0 unspecified atom stereocenters. The van der Waals surface area contributed by atoms with E-state index in [1.54, 1.807) is 12.1 Å². The fourth-order valence-electron chi connectivity index (χ4n) is 2.45. The van der Waals surface area contributed by atoms with E-state index in [1.165, 1.54) is 18.9 Å². The molecule has 1 saturated carbocycles. The van der Waals surface area contributed by atoms with Gasteiger partial charge in [0.2, 0.25) is 0 Å². The summed E-state index contributed by atoms with van der Waals surface area (Å²) < 4.78 is 14.4. The first-order valence-electron chi connectivity index (χ1n) is 6.18. The van der Waals surface area contributed by atoms with Gasteiger partial charge in [0.15, 0.2) is 5.78 Å². The van der Waals surface area contributed by atoms with Gasteiger partial charge in [0, 0.05) is 10.4 Å². The van der Waals surface area contributed by atoms with Gasteiger partial charge < -0.3 is 0 Å². The molecular weight excluding hydrogens is 283 g/mol. The summed E-state index contributed by atoms with van der Waals surface area (Å²) in [5.41, 5.74) is 0.250. The van der Waals surface area contributed by atoms with E-state index >= 15 is 0 Å². The SMILES string of the molecule is O=C(c1ccc(Br)cc1F)C1CCCCCC1. The molecule has 1 aliphatic rings. The second kappa shape index (κ2) is 5.76. The molecule has 1 aromatic carbocycles. The van der Waals surface area contributed by atoms with E-state index in [0.29, 0.717) is 4.47 Å². The van der Waals surface area contributed by atoms with E-state index in [-0.39, 0.29) is 17.3 Å². The van der Waals surface area contributed by atoms with Gasteiger partial charge in [-0.3, -0.25) is 4.79 Å². The van der Waals surface area contributed by atoms with Crippen molar-refractivity contribution in [1.29, 1.82) is 0 Å². The summed E-state index contributed by atoms with van der Waals surface area (Å²) in [5, 5.41) is 0. The predicted molar refractivity (Wildman–Crippen MR) is 69.6 cm³/mol. The summed E-state index contributed by atoms with van der Waals surface area (Å²) in [6.45, 7) is 0. The topological polar surface area (TPSA) is 17.1 Å². The third-order valence-electron chi connectivity index (χ3n) is 3.42. The van der Waals surface area contributed by atoms with Crippen molar-refractivity contribution in [2.45, 2.75) is 38.5 Å². The molecule has 1 nitrogen and oxygen atoms in total. The second-order valence-electron chi connectivity index (χ2n) is 4.68. The maximum atomic E-state index is 13.7. The molecule has 0 radical (unpaired) electrons. The summed E-state index contributed by atoms with van der Waals surface area (Å²) in [6.07, 6.45) is 6.41. The summed E-state index contributed by atoms with van der Waals surface area (Å²) in [5.74, 6) is -0.404. The summed E-state index contributed by atoms with van der Waals surface area (Å²) >= 11 is 3.20. The minimum absolute atomic E-state index is 0.0168. The molecule has 1 aliphatic carbocycles. The lowest BCUT2D eigenvalue weighted by Crippen LogP contribution is -2.15. The number of ketones is 1. The highest BCUT2D eigenvalue weighted by Gasteiger charge is 2.23. The second-order valence-corrected chi connectivity index (χ2v) is 5.59. The molecule has 0 N–H and O–H groups in total. The van der Waals surface area contributed by atoms with Crippen LogP contribution in [0.15, 0.2) is 22.7 Å². The Kier molecular flexibility index (Phi) is 4.32. The van der Waals surface area contributed by atoms with E-state index in [2.05, 4.69) is 15.9 Å². The molecule has 0 aliphatic heterocycles. The Morgan fingerprint density at radius 3 is 2.41 bits per heavy atom. The Morgan fingerprint density at radius 1 is 1.18 bits per heavy atom. The monoisotopic (exact) mass is 298 g/mol. The van der Waals surface area contributed by atoms with Crippen LogP contribution in [0.4, 0.5) is 4.39 Å². The fraction of sp³-hybridized carbons (Fsp3) is 0.500. The van der Waals surface area contributed by atoms with Gasteiger partial charge in [-0.15, -0.1) is 0 Å². The van der Waals surface area contributed by atoms with Crippen molar-refractivity contribution in [3.8, 4) is 0 Å². The molecule has 92 valence electrons. The van der Waals surface area contributed by atoms with Crippen LogP contribution in [0.1, 0.15) is 48.9 Å². The van der Waals surface area contributed by atoms with Crippen molar-refractivity contribution in [3.63, 3.8) is 0 Å². The molecule has 1 aromatic rings. The molecule has 0 saturated heterocycles. The number of rotatable bonds is 2. The maximum absolute atomic E-state index is 13.7. The highest BCUT2D eigenvalue weighted by atomic mass is 79.9. The average Bonchev–Trinajstić information content (AvgIpc) is 2.56. The quantitative estimate of drug-likeness (QED) is 0.569. The van der Waals surface area contributed by atoms with Crippen LogP contribution in [-0.4, -0.2) is 5.78 Å². The molecule has 0 spiro atoms. The lowest BCUT2D eigenvalue weighted by molar-refractivity contribution is 0.0903. The number of benzene rings is 1. The van der Waals surface area contributed by atoms with Crippen LogP contribution in [0, 0.1) is 11.7 Å². The Bertz CT molecular complexity index is 409. The summed E-state index contributed by atoms with van der Waals surface area (Å²) in [4.78, 5) is 12.2. The van der Waals surface area contributed by atoms with E-state index in [4.69, 9.17) is 0 Å². The Hall–Kier alpha value is -0.700. The van der Waals surface area contributed by atoms with Gasteiger partial charge in [-0.2, -0.15) is 0 Å². The molecule has 3 heteroatoms. The van der Waals surface area contributed by atoms with Crippen molar-refractivity contribution in [2.24, 2.45) is 5.92 Å². The van der Waals surface area contributed by atoms with E-state index in [0.717, 1.165) is 25.7 Å². The molecule has 0 amide bonds. The molecule has 0 heterocycles. The number of hydrogen-bond acceptors (Lipinski definition) is 1. The molecule has 0 aromatic heterocycles. The molecular formula is C14H16BrFO. The zero-order valence-corrected chi connectivity index (χ0v) is 11.3. The lowest BCUT2D eigenvalue weighted by Gasteiger charge is -2.13. The van der Waals surface area contributed by atoms with Crippen LogP contribution < -0.4 is 0 Å². The van der Waals surface area contributed by atoms with Crippen LogP contribution in [0.3, 0.4) is 0 Å². The first-order valence-corrected chi connectivity index (χ1v) is 6.97. The Labute approximate surface area is 110 Å². The normalized spacial score (nSPS) is 17.8. The minimum atomic E-state index is -0.409. The summed E-state index contributed by atoms with van der Waals surface area (Å²) in [7, 11) is 0. The first-order chi connectivity index (χ1) is 8.18. The van der Waals surface area contributed by atoms with Crippen molar-refractivity contribution in [2.75, 3.05) is 0 Å². The maximum Gasteiger partial charge on any atom is 0.168 e. The predicted octanol–water partition coefficient (Wildman–Crippen LogP) is 4.74. The van der Waals surface area contributed by atoms with Crippen LogP contribution in [0.2, 0.25) is 0 Å². The fourth-order valence-corrected chi connectivity index (χ4v) is 2.78. The highest BCUT2D eigenvalue weighted by molar-refractivity contribution is 9.10. The van der Waals surface area contributed by atoms with Crippen molar-refractivity contribution in [3.05, 3.63) is 34.1 Å². The lowest BCUT2D eigenvalue weighted by atomic mass is 9.91. The molecule has 1 fully saturated rings. The van der Waals surface area contributed by atoms with Crippen LogP contribution >= 0.6 is 15.9 Å². The standard InChI is InChI=1S/C14H16BrFO/c15-11-7-8-12(13(16)9-11)14(17)10-5-3-1-2-4-6-10/h7-10H,1-6H2. The zero-order chi connectivity index (χ0) is 12.3. The van der Waals surface area contributed by atoms with E-state index in [9.17, 15) is 9.18 Å². The van der Waals surface area contributed by atoms with Gasteiger partial charge in [-0.25, -0.2) is 4.39 Å². The van der Waals surface area contributed by atoms with Crippen LogP contribution in [-0.2, 0) is 0 Å². The smallest absolute Gasteiger partial charge is 0.168 e. The van der Waals surface area contributed by atoms with Crippen molar-refractivity contribution in [1.82, 2.24) is 0 Å². The number of halogens is 2. The number of Topliss-reactive ketones (excluding diaryl/α,β-unsaturated/α-hetero) is 1. The van der Waals surface area contributed by atoms with Crippen LogP contribution in [0.5, 0.6) is 0 Å². The molecule has 17 heavy (non-hydrogen) atoms.